The standard InChI is InChI=1S/C17H24N4.3C2H6/c1-15-18-13-17(12-16-6-4-3-5-7-16)21(15)14-20-10-8-19(2)9-11-20;3*1-2/h3-7,13H,8-12,14H2,1-2H3;3*1-2H3. The van der Waals surface area contributed by atoms with Crippen molar-refractivity contribution in [1.29, 1.82) is 0 Å². The van der Waals surface area contributed by atoms with E-state index in [1.807, 2.05) is 47.7 Å². The van der Waals surface area contributed by atoms with Gasteiger partial charge in [-0.05, 0) is 19.5 Å². The third kappa shape index (κ3) is 8.72. The fourth-order valence-corrected chi connectivity index (χ4v) is 2.84. The summed E-state index contributed by atoms with van der Waals surface area (Å²) >= 11 is 0. The number of aryl methyl sites for hydroxylation is 1. The van der Waals surface area contributed by atoms with Gasteiger partial charge in [0.1, 0.15) is 5.82 Å². The van der Waals surface area contributed by atoms with Crippen LogP contribution in [-0.2, 0) is 13.1 Å². The molecule has 3 rings (SSSR count). The first-order valence-corrected chi connectivity index (χ1v) is 10.7. The summed E-state index contributed by atoms with van der Waals surface area (Å²) in [6, 6.07) is 10.6. The number of aromatic nitrogens is 2. The fourth-order valence-electron chi connectivity index (χ4n) is 2.84. The zero-order chi connectivity index (χ0) is 20.7. The summed E-state index contributed by atoms with van der Waals surface area (Å²) in [5, 5.41) is 0. The second-order valence-corrected chi connectivity index (χ2v) is 5.95. The highest BCUT2D eigenvalue weighted by atomic mass is 15.3. The molecule has 0 saturated carbocycles. The number of likely N-dealkylation sites (N-methyl/N-ethyl adjacent to an activating group) is 1. The van der Waals surface area contributed by atoms with Crippen molar-refractivity contribution in [2.24, 2.45) is 0 Å². The van der Waals surface area contributed by atoms with Gasteiger partial charge in [0.05, 0.1) is 6.67 Å². The van der Waals surface area contributed by atoms with E-state index in [4.69, 9.17) is 0 Å². The largest absolute Gasteiger partial charge is 0.318 e. The minimum atomic E-state index is 0.954. The van der Waals surface area contributed by atoms with Gasteiger partial charge in [-0.25, -0.2) is 4.98 Å². The van der Waals surface area contributed by atoms with E-state index in [2.05, 4.69) is 63.7 Å². The van der Waals surface area contributed by atoms with Gasteiger partial charge in [-0.1, -0.05) is 71.9 Å². The van der Waals surface area contributed by atoms with Crippen LogP contribution in [0.3, 0.4) is 0 Å². The molecular weight excluding hydrogens is 332 g/mol. The van der Waals surface area contributed by atoms with Crippen LogP contribution in [0.25, 0.3) is 0 Å². The molecule has 1 aromatic carbocycles. The number of imidazole rings is 1. The van der Waals surface area contributed by atoms with Crippen LogP contribution in [0.15, 0.2) is 36.5 Å². The summed E-state index contributed by atoms with van der Waals surface area (Å²) in [6.45, 7) is 19.6. The molecule has 4 nitrogen and oxygen atoms in total. The van der Waals surface area contributed by atoms with Crippen LogP contribution in [0.2, 0.25) is 0 Å². The van der Waals surface area contributed by atoms with Crippen LogP contribution >= 0.6 is 0 Å². The number of hydrogen-bond acceptors (Lipinski definition) is 3. The molecule has 0 amide bonds. The molecule has 0 aliphatic carbocycles. The van der Waals surface area contributed by atoms with E-state index in [-0.39, 0.29) is 0 Å². The van der Waals surface area contributed by atoms with Crippen molar-refractivity contribution in [2.45, 2.75) is 61.6 Å². The molecule has 2 heterocycles. The van der Waals surface area contributed by atoms with Gasteiger partial charge in [0, 0.05) is 44.5 Å². The Morgan fingerprint density at radius 2 is 1.41 bits per heavy atom. The van der Waals surface area contributed by atoms with Gasteiger partial charge in [-0.15, -0.1) is 0 Å². The Bertz CT molecular complexity index is 569. The Morgan fingerprint density at radius 1 is 0.852 bits per heavy atom. The summed E-state index contributed by atoms with van der Waals surface area (Å²) in [7, 11) is 2.20. The van der Waals surface area contributed by atoms with Crippen LogP contribution in [0.5, 0.6) is 0 Å². The average molecular weight is 375 g/mol. The van der Waals surface area contributed by atoms with E-state index in [1.165, 1.54) is 11.3 Å². The topological polar surface area (TPSA) is 24.3 Å². The lowest BCUT2D eigenvalue weighted by Crippen LogP contribution is -2.45. The second kappa shape index (κ2) is 15.4. The third-order valence-corrected chi connectivity index (χ3v) is 4.30. The molecule has 1 saturated heterocycles. The van der Waals surface area contributed by atoms with Gasteiger partial charge >= 0.3 is 0 Å². The molecule has 0 N–H and O–H groups in total. The molecule has 1 fully saturated rings. The van der Waals surface area contributed by atoms with Crippen molar-refractivity contribution in [1.82, 2.24) is 19.4 Å². The molecule has 154 valence electrons. The Morgan fingerprint density at radius 3 is 1.96 bits per heavy atom. The molecule has 0 spiro atoms. The first kappa shape index (κ1) is 25.4. The number of piperazine rings is 1. The lowest BCUT2D eigenvalue weighted by atomic mass is 10.1. The minimum Gasteiger partial charge on any atom is -0.318 e. The SMILES string of the molecule is CC.CC.CC.Cc1ncc(Cc2ccccc2)n1CN1CCN(C)CC1. The molecule has 0 bridgehead atoms. The molecule has 1 aromatic heterocycles. The highest BCUT2D eigenvalue weighted by Crippen LogP contribution is 2.13. The maximum absolute atomic E-state index is 4.52. The monoisotopic (exact) mass is 374 g/mol. The van der Waals surface area contributed by atoms with E-state index in [1.54, 1.807) is 0 Å². The molecular formula is C23H42N4. The Labute approximate surface area is 168 Å². The van der Waals surface area contributed by atoms with Crippen LogP contribution in [0.1, 0.15) is 58.6 Å². The maximum atomic E-state index is 4.52. The molecule has 0 unspecified atom stereocenters. The van der Waals surface area contributed by atoms with Crippen molar-refractivity contribution in [3.63, 3.8) is 0 Å². The van der Waals surface area contributed by atoms with Crippen molar-refractivity contribution in [3.05, 3.63) is 53.6 Å². The summed E-state index contributed by atoms with van der Waals surface area (Å²) in [6.07, 6.45) is 2.98. The van der Waals surface area contributed by atoms with Crippen LogP contribution in [-0.4, -0.2) is 52.6 Å². The van der Waals surface area contributed by atoms with Crippen molar-refractivity contribution >= 4 is 0 Å². The number of hydrogen-bond donors (Lipinski definition) is 0. The van der Waals surface area contributed by atoms with E-state index < -0.39 is 0 Å². The van der Waals surface area contributed by atoms with Gasteiger partial charge in [-0.2, -0.15) is 0 Å². The zero-order valence-electron chi connectivity index (χ0n) is 19.0. The van der Waals surface area contributed by atoms with Gasteiger partial charge in [0.15, 0.2) is 0 Å². The highest BCUT2D eigenvalue weighted by molar-refractivity contribution is 5.21. The first-order chi connectivity index (χ1) is 13.2. The van der Waals surface area contributed by atoms with Crippen molar-refractivity contribution < 1.29 is 0 Å². The molecule has 0 atom stereocenters. The van der Waals surface area contributed by atoms with Crippen LogP contribution in [0.4, 0.5) is 0 Å². The fraction of sp³-hybridized carbons (Fsp3) is 0.609. The van der Waals surface area contributed by atoms with Gasteiger partial charge in [-0.3, -0.25) is 4.90 Å². The Kier molecular flexibility index (Phi) is 14.5. The number of rotatable bonds is 4. The number of nitrogens with zero attached hydrogens (tertiary/aromatic N) is 4. The lowest BCUT2D eigenvalue weighted by molar-refractivity contribution is 0.123. The van der Waals surface area contributed by atoms with E-state index >= 15 is 0 Å². The summed E-state index contributed by atoms with van der Waals surface area (Å²) in [5.74, 6) is 1.11. The second-order valence-electron chi connectivity index (χ2n) is 5.95. The van der Waals surface area contributed by atoms with Gasteiger partial charge in [0.25, 0.3) is 0 Å². The smallest absolute Gasteiger partial charge is 0.106 e. The zero-order valence-corrected chi connectivity index (χ0v) is 19.0. The number of benzene rings is 1. The molecule has 4 heteroatoms. The summed E-state index contributed by atoms with van der Waals surface area (Å²) in [4.78, 5) is 9.43. The van der Waals surface area contributed by atoms with E-state index in [0.29, 0.717) is 0 Å². The third-order valence-electron chi connectivity index (χ3n) is 4.30. The molecule has 1 aliphatic heterocycles. The minimum absolute atomic E-state index is 0.954. The van der Waals surface area contributed by atoms with Gasteiger partial charge in [0.2, 0.25) is 0 Å². The van der Waals surface area contributed by atoms with E-state index in [9.17, 15) is 0 Å². The Balaban J connectivity index is 0.00000103. The van der Waals surface area contributed by atoms with Crippen molar-refractivity contribution in [3.8, 4) is 0 Å². The van der Waals surface area contributed by atoms with E-state index in [0.717, 1.165) is 45.1 Å². The average Bonchev–Trinajstić information content (AvgIpc) is 3.08. The predicted octanol–water partition coefficient (Wildman–Crippen LogP) is 5.07. The molecule has 27 heavy (non-hydrogen) atoms. The lowest BCUT2D eigenvalue weighted by Gasteiger charge is -2.33. The summed E-state index contributed by atoms with van der Waals surface area (Å²) < 4.78 is 2.36. The van der Waals surface area contributed by atoms with Crippen LogP contribution < -0.4 is 0 Å². The van der Waals surface area contributed by atoms with Crippen LogP contribution in [0, 0.1) is 6.92 Å². The molecule has 0 radical (unpaired) electrons. The quantitative estimate of drug-likeness (QED) is 0.747. The predicted molar refractivity (Wildman–Crippen MR) is 119 cm³/mol. The highest BCUT2D eigenvalue weighted by Gasteiger charge is 2.16. The molecule has 1 aliphatic rings. The van der Waals surface area contributed by atoms with Crippen molar-refractivity contribution in [2.75, 3.05) is 33.2 Å². The normalized spacial score (nSPS) is 14.1. The van der Waals surface area contributed by atoms with Gasteiger partial charge < -0.3 is 9.47 Å². The molecule has 2 aromatic rings. The maximum Gasteiger partial charge on any atom is 0.106 e. The first-order valence-electron chi connectivity index (χ1n) is 10.7. The summed E-state index contributed by atoms with van der Waals surface area (Å²) in [5.41, 5.74) is 2.65. The Hall–Kier alpha value is -1.65.